The standard InChI is InChI=1S/C29H33BrN2O6S/c1-37-22-11-17(12-23-26(34)32(28(36)39-23)16-24(33)31-5-3-2-4-6-31)10-21(30)25(22)38-27(35)29-13-18-7-19(14-29)9-20(8-18)15-29/h10-12,18-20H,2-9,13-16H2,1H3/b23-12-. The van der Waals surface area contributed by atoms with E-state index < -0.39 is 16.6 Å². The summed E-state index contributed by atoms with van der Waals surface area (Å²) in [6.45, 7) is 1.09. The third-order valence-corrected chi connectivity index (χ3v) is 10.6. The van der Waals surface area contributed by atoms with Gasteiger partial charge in [-0.05, 0) is 127 Å². The van der Waals surface area contributed by atoms with E-state index in [1.165, 1.54) is 26.4 Å². The van der Waals surface area contributed by atoms with Crippen molar-refractivity contribution in [3.05, 3.63) is 27.1 Å². The van der Waals surface area contributed by atoms with Crippen LogP contribution >= 0.6 is 27.7 Å². The van der Waals surface area contributed by atoms with Gasteiger partial charge in [0.2, 0.25) is 5.91 Å². The number of halogens is 1. The van der Waals surface area contributed by atoms with Crippen molar-refractivity contribution in [2.45, 2.75) is 57.8 Å². The second-order valence-corrected chi connectivity index (χ2v) is 13.7. The number of imide groups is 1. The number of carbonyl (C=O) groups is 4. The molecule has 1 aromatic rings. The van der Waals surface area contributed by atoms with E-state index in [2.05, 4.69) is 15.9 Å². The Hall–Kier alpha value is -2.33. The first-order valence-corrected chi connectivity index (χ1v) is 15.5. The van der Waals surface area contributed by atoms with Gasteiger partial charge in [-0.15, -0.1) is 0 Å². The first-order valence-electron chi connectivity index (χ1n) is 13.9. The van der Waals surface area contributed by atoms with Crippen LogP contribution in [0.3, 0.4) is 0 Å². The summed E-state index contributed by atoms with van der Waals surface area (Å²) < 4.78 is 12.1. The van der Waals surface area contributed by atoms with Crippen LogP contribution in [0.1, 0.15) is 63.4 Å². The molecule has 208 valence electrons. The molecule has 6 fully saturated rings. The summed E-state index contributed by atoms with van der Waals surface area (Å²) in [4.78, 5) is 54.8. The van der Waals surface area contributed by atoms with E-state index in [1.54, 1.807) is 23.1 Å². The van der Waals surface area contributed by atoms with Gasteiger partial charge in [0, 0.05) is 13.1 Å². The highest BCUT2D eigenvalue weighted by Gasteiger charge is 2.55. The maximum Gasteiger partial charge on any atom is 0.317 e. The molecule has 2 saturated heterocycles. The van der Waals surface area contributed by atoms with Crippen molar-refractivity contribution in [3.63, 3.8) is 0 Å². The van der Waals surface area contributed by atoms with Crippen LogP contribution < -0.4 is 9.47 Å². The third-order valence-electron chi connectivity index (χ3n) is 9.09. The van der Waals surface area contributed by atoms with E-state index in [1.807, 2.05) is 0 Å². The average Bonchev–Trinajstić information content (AvgIpc) is 3.16. The maximum atomic E-state index is 13.5. The Labute approximate surface area is 240 Å². The van der Waals surface area contributed by atoms with Crippen molar-refractivity contribution < 1.29 is 28.7 Å². The number of thioether (sulfide) groups is 1. The quantitative estimate of drug-likeness (QED) is 0.232. The van der Waals surface area contributed by atoms with Crippen molar-refractivity contribution in [1.82, 2.24) is 9.80 Å². The monoisotopic (exact) mass is 616 g/mol. The van der Waals surface area contributed by atoms with Gasteiger partial charge in [-0.1, -0.05) is 0 Å². The van der Waals surface area contributed by atoms with E-state index in [4.69, 9.17) is 9.47 Å². The van der Waals surface area contributed by atoms with E-state index >= 15 is 0 Å². The molecule has 2 aliphatic heterocycles. The van der Waals surface area contributed by atoms with Crippen molar-refractivity contribution >= 4 is 56.8 Å². The fraction of sp³-hybridized carbons (Fsp3) is 0.586. The fourth-order valence-corrected chi connectivity index (χ4v) is 9.03. The van der Waals surface area contributed by atoms with Gasteiger partial charge in [0.15, 0.2) is 11.5 Å². The van der Waals surface area contributed by atoms with Crippen LogP contribution in [0.5, 0.6) is 11.5 Å². The van der Waals surface area contributed by atoms with Crippen LogP contribution in [0.2, 0.25) is 0 Å². The number of carbonyl (C=O) groups excluding carboxylic acids is 4. The number of hydrogen-bond acceptors (Lipinski definition) is 7. The fourth-order valence-electron chi connectivity index (χ4n) is 7.65. The molecule has 2 heterocycles. The topological polar surface area (TPSA) is 93.2 Å². The molecule has 10 heteroatoms. The SMILES string of the molecule is COc1cc(/C=C2\SC(=O)N(CC(=O)N3CCCCC3)C2=O)cc(Br)c1OC(=O)C12CC3CC(CC(C3)C1)C2. The van der Waals surface area contributed by atoms with Crippen LogP contribution in [0.4, 0.5) is 4.79 Å². The zero-order chi connectivity index (χ0) is 27.3. The Balaban J connectivity index is 1.18. The van der Waals surface area contributed by atoms with Crippen LogP contribution in [-0.4, -0.2) is 59.6 Å². The van der Waals surface area contributed by atoms with Gasteiger partial charge in [0.05, 0.1) is 21.9 Å². The molecule has 7 rings (SSSR count). The summed E-state index contributed by atoms with van der Waals surface area (Å²) >= 11 is 4.35. The summed E-state index contributed by atoms with van der Waals surface area (Å²) in [6, 6.07) is 3.44. The molecule has 3 amide bonds. The molecular formula is C29H33BrN2O6S. The summed E-state index contributed by atoms with van der Waals surface area (Å²) in [6.07, 6.45) is 11.0. The minimum absolute atomic E-state index is 0.173. The van der Waals surface area contributed by atoms with Gasteiger partial charge < -0.3 is 14.4 Å². The highest BCUT2D eigenvalue weighted by molar-refractivity contribution is 9.10. The second-order valence-electron chi connectivity index (χ2n) is 11.8. The van der Waals surface area contributed by atoms with Crippen molar-refractivity contribution in [2.75, 3.05) is 26.7 Å². The van der Waals surface area contributed by atoms with Crippen LogP contribution in [0, 0.1) is 23.2 Å². The number of amides is 3. The molecule has 4 bridgehead atoms. The molecule has 0 unspecified atom stereocenters. The van der Waals surface area contributed by atoms with Crippen LogP contribution in [0.25, 0.3) is 6.08 Å². The normalized spacial score (nSPS) is 30.8. The zero-order valence-corrected chi connectivity index (χ0v) is 24.5. The van der Waals surface area contributed by atoms with E-state index in [-0.39, 0.29) is 23.3 Å². The molecule has 1 aromatic carbocycles. The zero-order valence-electron chi connectivity index (χ0n) is 22.1. The minimum atomic E-state index is -0.484. The first kappa shape index (κ1) is 26.9. The number of hydrogen-bond donors (Lipinski definition) is 0. The molecular weight excluding hydrogens is 584 g/mol. The Morgan fingerprint density at radius 2 is 1.69 bits per heavy atom. The third kappa shape index (κ3) is 5.14. The van der Waals surface area contributed by atoms with Gasteiger partial charge in [-0.25, -0.2) is 0 Å². The smallest absolute Gasteiger partial charge is 0.317 e. The average molecular weight is 618 g/mol. The molecule has 6 aliphatic rings. The predicted octanol–water partition coefficient (Wildman–Crippen LogP) is 5.63. The van der Waals surface area contributed by atoms with Gasteiger partial charge in [0.1, 0.15) is 6.54 Å². The number of rotatable bonds is 6. The Kier molecular flexibility index (Phi) is 7.29. The molecule has 8 nitrogen and oxygen atoms in total. The Morgan fingerprint density at radius 1 is 1.05 bits per heavy atom. The number of nitrogens with zero attached hydrogens (tertiary/aromatic N) is 2. The summed E-state index contributed by atoms with van der Waals surface area (Å²) in [5.41, 5.74) is 0.212. The number of ether oxygens (including phenoxy) is 2. The molecule has 0 atom stereocenters. The lowest BCUT2D eigenvalue weighted by Crippen LogP contribution is -2.51. The number of benzene rings is 1. The molecule has 39 heavy (non-hydrogen) atoms. The molecule has 0 radical (unpaired) electrons. The van der Waals surface area contributed by atoms with Crippen molar-refractivity contribution in [1.29, 1.82) is 0 Å². The predicted molar refractivity (Wildman–Crippen MR) is 150 cm³/mol. The number of methoxy groups -OCH3 is 1. The minimum Gasteiger partial charge on any atom is -0.493 e. The lowest BCUT2D eigenvalue weighted by Gasteiger charge is -2.55. The van der Waals surface area contributed by atoms with Crippen LogP contribution in [0.15, 0.2) is 21.5 Å². The second kappa shape index (κ2) is 10.6. The maximum absolute atomic E-state index is 13.5. The van der Waals surface area contributed by atoms with Gasteiger partial charge in [-0.3, -0.25) is 24.1 Å². The number of piperidine rings is 1. The Bertz CT molecular complexity index is 1220. The molecule has 4 saturated carbocycles. The Morgan fingerprint density at radius 3 is 2.31 bits per heavy atom. The molecule has 0 aromatic heterocycles. The van der Waals surface area contributed by atoms with E-state index in [0.29, 0.717) is 52.4 Å². The lowest BCUT2D eigenvalue weighted by atomic mass is 9.49. The number of likely N-dealkylation sites (tertiary alicyclic amines) is 1. The van der Waals surface area contributed by atoms with E-state index in [0.717, 1.165) is 55.2 Å². The lowest BCUT2D eigenvalue weighted by molar-refractivity contribution is -0.161. The summed E-state index contributed by atoms with van der Waals surface area (Å²) in [7, 11) is 1.51. The highest BCUT2D eigenvalue weighted by atomic mass is 79.9. The van der Waals surface area contributed by atoms with Gasteiger partial charge in [0.25, 0.3) is 11.1 Å². The van der Waals surface area contributed by atoms with E-state index in [9.17, 15) is 19.2 Å². The summed E-state index contributed by atoms with van der Waals surface area (Å²) in [5, 5.41) is -0.455. The van der Waals surface area contributed by atoms with Gasteiger partial charge in [-0.2, -0.15) is 0 Å². The number of esters is 1. The van der Waals surface area contributed by atoms with Gasteiger partial charge >= 0.3 is 5.97 Å². The molecule has 4 aliphatic carbocycles. The highest BCUT2D eigenvalue weighted by Crippen LogP contribution is 2.60. The van der Waals surface area contributed by atoms with Crippen LogP contribution in [-0.2, 0) is 14.4 Å². The first-order chi connectivity index (χ1) is 18.7. The summed E-state index contributed by atoms with van der Waals surface area (Å²) in [5.74, 6) is 1.72. The van der Waals surface area contributed by atoms with Crippen molar-refractivity contribution in [2.24, 2.45) is 23.2 Å². The largest absolute Gasteiger partial charge is 0.493 e. The molecule has 0 spiro atoms. The van der Waals surface area contributed by atoms with Crippen molar-refractivity contribution in [3.8, 4) is 11.5 Å². The molecule has 0 N–H and O–H groups in total.